The molecular weight excluding hydrogens is 482 g/mol. The maximum Gasteiger partial charge on any atom is 0.243 e. The zero-order valence-electron chi connectivity index (χ0n) is 20.3. The van der Waals surface area contributed by atoms with Crippen LogP contribution in [0.25, 0.3) is 10.8 Å². The monoisotopic (exact) mass is 507 g/mol. The van der Waals surface area contributed by atoms with E-state index in [4.69, 9.17) is 0 Å². The molecule has 37 heavy (non-hydrogen) atoms. The van der Waals surface area contributed by atoms with Gasteiger partial charge < -0.3 is 0 Å². The number of hydrogen-bond acceptors (Lipinski definition) is 4. The lowest BCUT2D eigenvalue weighted by Crippen LogP contribution is -2.44. The number of aryl methyl sites for hydroxylation is 1. The van der Waals surface area contributed by atoms with E-state index in [2.05, 4.69) is 6.58 Å². The molecule has 0 saturated carbocycles. The number of nitrogens with zero attached hydrogens (tertiary/aromatic N) is 1. The number of hydrogen-bond donors (Lipinski definition) is 0. The number of benzene rings is 4. The Morgan fingerprint density at radius 1 is 0.838 bits per heavy atom. The third kappa shape index (κ3) is 3.16. The average molecular weight is 508 g/mol. The first-order chi connectivity index (χ1) is 17.8. The number of ketones is 2. The van der Waals surface area contributed by atoms with Crippen molar-refractivity contribution in [2.75, 3.05) is 6.54 Å². The standard InChI is InChI=1S/C31H25NO4S/c1-3-22-19-32(37(35,36)23-17-15-20(2)16-18-23)28(25-14-8-10-21-9-4-5-11-24(21)25)31(22)29(33)26-12-6-7-13-27(26)30(31)34/h3-18,22,28H,1,19H2,2H3/t22-,28+/m1/s1. The third-order valence-electron chi connectivity index (χ3n) is 7.88. The maximum absolute atomic E-state index is 14.3. The molecule has 0 unspecified atom stereocenters. The fraction of sp³-hybridized carbons (Fsp3) is 0.161. The van der Waals surface area contributed by atoms with Crippen LogP contribution in [0.4, 0.5) is 0 Å². The first-order valence-electron chi connectivity index (χ1n) is 12.2. The number of Topliss-reactive ketones (excluding diaryl/α,β-unsaturated/α-hetero) is 2. The first kappa shape index (κ1) is 23.5. The van der Waals surface area contributed by atoms with Gasteiger partial charge in [-0.2, -0.15) is 4.31 Å². The van der Waals surface area contributed by atoms with Gasteiger partial charge in [-0.25, -0.2) is 8.42 Å². The van der Waals surface area contributed by atoms with Crippen LogP contribution in [-0.2, 0) is 10.0 Å². The van der Waals surface area contributed by atoms with E-state index in [0.717, 1.165) is 16.3 Å². The molecule has 1 aliphatic carbocycles. The second-order valence-corrected chi connectivity index (χ2v) is 11.7. The van der Waals surface area contributed by atoms with Gasteiger partial charge >= 0.3 is 0 Å². The summed E-state index contributed by atoms with van der Waals surface area (Å²) in [5.41, 5.74) is 0.585. The highest BCUT2D eigenvalue weighted by molar-refractivity contribution is 7.89. The van der Waals surface area contributed by atoms with Gasteiger partial charge in [-0.05, 0) is 35.4 Å². The topological polar surface area (TPSA) is 71.5 Å². The predicted molar refractivity (Wildman–Crippen MR) is 143 cm³/mol. The summed E-state index contributed by atoms with van der Waals surface area (Å²) in [5, 5.41) is 1.71. The largest absolute Gasteiger partial charge is 0.293 e. The number of fused-ring (bicyclic) bond motifs is 2. The van der Waals surface area contributed by atoms with Crippen LogP contribution in [0.3, 0.4) is 0 Å². The molecule has 2 atom stereocenters. The predicted octanol–water partition coefficient (Wildman–Crippen LogP) is 5.76. The van der Waals surface area contributed by atoms with E-state index in [1.165, 1.54) is 4.31 Å². The van der Waals surface area contributed by atoms with Gasteiger partial charge in [0.1, 0.15) is 5.41 Å². The van der Waals surface area contributed by atoms with Crippen molar-refractivity contribution in [3.63, 3.8) is 0 Å². The van der Waals surface area contributed by atoms with Crippen LogP contribution in [-0.4, -0.2) is 30.8 Å². The number of carbonyl (C=O) groups excluding carboxylic acids is 2. The summed E-state index contributed by atoms with van der Waals surface area (Å²) in [6.07, 6.45) is 1.57. The molecule has 0 amide bonds. The fourth-order valence-corrected chi connectivity index (χ4v) is 7.78. The van der Waals surface area contributed by atoms with E-state index in [9.17, 15) is 18.0 Å². The smallest absolute Gasteiger partial charge is 0.243 e. The molecule has 1 heterocycles. The minimum atomic E-state index is -4.08. The summed E-state index contributed by atoms with van der Waals surface area (Å²) >= 11 is 0. The van der Waals surface area contributed by atoms with E-state index in [1.54, 1.807) is 54.6 Å². The summed E-state index contributed by atoms with van der Waals surface area (Å²) in [6.45, 7) is 5.82. The highest BCUT2D eigenvalue weighted by atomic mass is 32.2. The second kappa shape index (κ2) is 8.33. The zero-order chi connectivity index (χ0) is 25.9. The number of carbonyl (C=O) groups is 2. The van der Waals surface area contributed by atoms with Crippen LogP contribution in [0.1, 0.15) is 37.9 Å². The molecule has 0 N–H and O–H groups in total. The molecule has 6 heteroatoms. The maximum atomic E-state index is 14.3. The summed E-state index contributed by atoms with van der Waals surface area (Å²) < 4.78 is 29.8. The van der Waals surface area contributed by atoms with Gasteiger partial charge in [-0.15, -0.1) is 6.58 Å². The minimum absolute atomic E-state index is 0.0287. The Balaban J connectivity index is 1.67. The quantitative estimate of drug-likeness (QED) is 0.260. The molecule has 0 bridgehead atoms. The molecule has 0 aromatic heterocycles. The molecule has 0 radical (unpaired) electrons. The van der Waals surface area contributed by atoms with Crippen molar-refractivity contribution in [3.8, 4) is 0 Å². The van der Waals surface area contributed by atoms with Crippen molar-refractivity contribution < 1.29 is 18.0 Å². The molecular formula is C31H25NO4S. The molecule has 1 spiro atoms. The van der Waals surface area contributed by atoms with Crippen LogP contribution in [0.15, 0.2) is 109 Å². The highest BCUT2D eigenvalue weighted by Gasteiger charge is 2.68. The summed E-state index contributed by atoms with van der Waals surface area (Å²) in [4.78, 5) is 28.7. The molecule has 4 aromatic rings. The SMILES string of the molecule is C=C[C@@H]1CN(S(=O)(=O)c2ccc(C)cc2)[C@@H](c2cccc3ccccc23)C12C(=O)c1ccccc1C2=O. The molecule has 2 aliphatic rings. The summed E-state index contributed by atoms with van der Waals surface area (Å²) in [6, 6.07) is 25.6. The molecule has 6 rings (SSSR count). The Kier molecular flexibility index (Phi) is 5.30. The normalized spacial score (nSPS) is 21.0. The number of sulfonamides is 1. The van der Waals surface area contributed by atoms with Crippen molar-refractivity contribution in [1.82, 2.24) is 4.31 Å². The molecule has 1 fully saturated rings. The summed E-state index contributed by atoms with van der Waals surface area (Å²) in [7, 11) is -4.08. The Morgan fingerprint density at radius 3 is 2.08 bits per heavy atom. The lowest BCUT2D eigenvalue weighted by atomic mass is 9.67. The van der Waals surface area contributed by atoms with E-state index in [0.29, 0.717) is 16.7 Å². The Labute approximate surface area is 216 Å². The zero-order valence-corrected chi connectivity index (χ0v) is 21.1. The molecule has 1 saturated heterocycles. The van der Waals surface area contributed by atoms with Gasteiger partial charge in [-0.3, -0.25) is 9.59 Å². The first-order valence-corrected chi connectivity index (χ1v) is 13.6. The van der Waals surface area contributed by atoms with Crippen LogP contribution >= 0.6 is 0 Å². The molecule has 4 aromatic carbocycles. The van der Waals surface area contributed by atoms with Crippen LogP contribution in [0.2, 0.25) is 0 Å². The summed E-state index contributed by atoms with van der Waals surface area (Å²) in [5.74, 6) is -1.40. The van der Waals surface area contributed by atoms with E-state index >= 15 is 0 Å². The van der Waals surface area contributed by atoms with E-state index in [1.807, 2.05) is 49.4 Å². The highest BCUT2D eigenvalue weighted by Crippen LogP contribution is 2.59. The van der Waals surface area contributed by atoms with E-state index < -0.39 is 27.4 Å². The lowest BCUT2D eigenvalue weighted by Gasteiger charge is -2.35. The number of rotatable bonds is 4. The lowest BCUT2D eigenvalue weighted by molar-refractivity contribution is 0.0612. The van der Waals surface area contributed by atoms with Crippen LogP contribution < -0.4 is 0 Å². The molecule has 184 valence electrons. The van der Waals surface area contributed by atoms with Gasteiger partial charge in [0.05, 0.1) is 10.9 Å². The molecule has 1 aliphatic heterocycles. The van der Waals surface area contributed by atoms with Crippen molar-refractivity contribution in [2.45, 2.75) is 17.9 Å². The van der Waals surface area contributed by atoms with Crippen LogP contribution in [0, 0.1) is 18.3 Å². The van der Waals surface area contributed by atoms with Gasteiger partial charge in [-0.1, -0.05) is 90.5 Å². The van der Waals surface area contributed by atoms with Gasteiger partial charge in [0.25, 0.3) is 0 Å². The van der Waals surface area contributed by atoms with Crippen molar-refractivity contribution in [1.29, 1.82) is 0 Å². The Hall–Kier alpha value is -3.87. The molecule has 5 nitrogen and oxygen atoms in total. The fourth-order valence-electron chi connectivity index (χ4n) is 6.12. The Bertz CT molecular complexity index is 1660. The Morgan fingerprint density at radius 2 is 1.43 bits per heavy atom. The van der Waals surface area contributed by atoms with E-state index in [-0.39, 0.29) is 23.0 Å². The van der Waals surface area contributed by atoms with Crippen LogP contribution in [0.5, 0.6) is 0 Å². The van der Waals surface area contributed by atoms with Gasteiger partial charge in [0.2, 0.25) is 10.0 Å². The van der Waals surface area contributed by atoms with Crippen molar-refractivity contribution in [2.24, 2.45) is 11.3 Å². The van der Waals surface area contributed by atoms with Crippen molar-refractivity contribution in [3.05, 3.63) is 126 Å². The van der Waals surface area contributed by atoms with Crippen molar-refractivity contribution >= 4 is 32.4 Å². The second-order valence-electron chi connectivity index (χ2n) is 9.77. The average Bonchev–Trinajstić information content (AvgIpc) is 3.38. The third-order valence-corrected chi connectivity index (χ3v) is 9.72. The van der Waals surface area contributed by atoms with Gasteiger partial charge in [0, 0.05) is 23.6 Å². The van der Waals surface area contributed by atoms with Gasteiger partial charge in [0.15, 0.2) is 11.6 Å². The minimum Gasteiger partial charge on any atom is -0.293 e.